The number of hydroxylamine groups is 3. The molecule has 0 saturated carbocycles. The molecule has 5 heteroatoms. The zero-order valence-electron chi connectivity index (χ0n) is 9.36. The van der Waals surface area contributed by atoms with Gasteiger partial charge < -0.3 is 0 Å². The Balaban J connectivity index is 4.85. The Morgan fingerprint density at radius 1 is 1.21 bits per heavy atom. The molecule has 0 aromatic heterocycles. The minimum Gasteiger partial charge on any atom is -0.215 e. The SMILES string of the molecule is CCC=C(C)C(=O)[N+](OC)(OC)OC. The van der Waals surface area contributed by atoms with E-state index in [0.29, 0.717) is 5.57 Å². The summed E-state index contributed by atoms with van der Waals surface area (Å²) < 4.78 is 0. The number of nitrogens with zero attached hydrogens (tertiary/aromatic N) is 1. The second-order valence-electron chi connectivity index (χ2n) is 2.65. The van der Waals surface area contributed by atoms with Crippen molar-refractivity contribution >= 4 is 5.91 Å². The van der Waals surface area contributed by atoms with Gasteiger partial charge in [0.25, 0.3) is 0 Å². The van der Waals surface area contributed by atoms with Crippen LogP contribution in [-0.4, -0.2) is 32.2 Å². The van der Waals surface area contributed by atoms with Crippen LogP contribution in [0, 0.1) is 0 Å². The van der Waals surface area contributed by atoms with Crippen molar-refractivity contribution in [2.24, 2.45) is 0 Å². The van der Waals surface area contributed by atoms with Gasteiger partial charge in [-0.2, -0.15) is 0 Å². The molecule has 0 heterocycles. The Kier molecular flexibility index (Phi) is 5.56. The second-order valence-corrected chi connectivity index (χ2v) is 2.65. The lowest BCUT2D eigenvalue weighted by atomic mass is 10.2. The minimum absolute atomic E-state index is 0.376. The highest BCUT2D eigenvalue weighted by Gasteiger charge is 2.43. The van der Waals surface area contributed by atoms with Crippen molar-refractivity contribution in [2.75, 3.05) is 21.3 Å². The summed E-state index contributed by atoms with van der Waals surface area (Å²) in [6, 6.07) is 0. The molecule has 0 aliphatic carbocycles. The molecule has 0 N–H and O–H groups in total. The van der Waals surface area contributed by atoms with Crippen LogP contribution in [0.1, 0.15) is 20.3 Å². The standard InChI is InChI=1S/C9H18NO4/c1-6-7-8(2)9(11)10(12-3,13-4)14-5/h7H,6H2,1-5H3/q+1. The Labute approximate surface area is 84.3 Å². The van der Waals surface area contributed by atoms with Gasteiger partial charge in [0.2, 0.25) is 0 Å². The van der Waals surface area contributed by atoms with E-state index in [4.69, 9.17) is 14.5 Å². The van der Waals surface area contributed by atoms with Crippen LogP contribution in [0.2, 0.25) is 0 Å². The zero-order chi connectivity index (χ0) is 11.2. The maximum atomic E-state index is 11.8. The molecule has 5 nitrogen and oxygen atoms in total. The lowest BCUT2D eigenvalue weighted by Crippen LogP contribution is -2.50. The van der Waals surface area contributed by atoms with Gasteiger partial charge in [-0.1, -0.05) is 13.0 Å². The predicted octanol–water partition coefficient (Wildman–Crippen LogP) is 1.37. The number of hydrogen-bond donors (Lipinski definition) is 0. The number of carbonyl (C=O) groups excluding carboxylic acids is 1. The van der Waals surface area contributed by atoms with E-state index in [1.807, 2.05) is 6.92 Å². The highest BCUT2D eigenvalue weighted by molar-refractivity contribution is 5.86. The average Bonchev–Trinajstić information content (AvgIpc) is 2.21. The molecular weight excluding hydrogens is 186 g/mol. The molecule has 0 aromatic rings. The van der Waals surface area contributed by atoms with Gasteiger partial charge in [0.1, 0.15) is 21.3 Å². The maximum absolute atomic E-state index is 11.8. The predicted molar refractivity (Wildman–Crippen MR) is 50.3 cm³/mol. The molecule has 1 amide bonds. The molecular formula is C9H18NO4+. The van der Waals surface area contributed by atoms with E-state index in [9.17, 15) is 4.79 Å². The molecule has 0 rings (SSSR count). The first kappa shape index (κ1) is 13.2. The topological polar surface area (TPSA) is 44.8 Å². The van der Waals surface area contributed by atoms with Crippen LogP contribution in [0.5, 0.6) is 0 Å². The molecule has 0 saturated heterocycles. The fraction of sp³-hybridized carbons (Fsp3) is 0.667. The lowest BCUT2D eigenvalue weighted by Gasteiger charge is -2.21. The van der Waals surface area contributed by atoms with Crippen molar-refractivity contribution in [3.63, 3.8) is 0 Å². The van der Waals surface area contributed by atoms with Gasteiger partial charge in [-0.15, -0.1) is 14.5 Å². The normalized spacial score (nSPS) is 13.1. The van der Waals surface area contributed by atoms with Crippen LogP contribution in [-0.2, 0) is 19.3 Å². The van der Waals surface area contributed by atoms with Gasteiger partial charge in [0.15, 0.2) is 4.97 Å². The van der Waals surface area contributed by atoms with Crippen LogP contribution in [0.15, 0.2) is 11.6 Å². The zero-order valence-corrected chi connectivity index (χ0v) is 9.36. The Morgan fingerprint density at radius 3 is 1.93 bits per heavy atom. The molecule has 0 radical (unpaired) electrons. The molecule has 0 spiro atoms. The van der Waals surface area contributed by atoms with Crippen molar-refractivity contribution in [3.05, 3.63) is 11.6 Å². The highest BCUT2D eigenvalue weighted by Crippen LogP contribution is 2.14. The number of quaternary nitrogens is 1. The molecule has 0 atom stereocenters. The third kappa shape index (κ3) is 2.62. The van der Waals surface area contributed by atoms with Crippen molar-refractivity contribution in [2.45, 2.75) is 20.3 Å². The summed E-state index contributed by atoms with van der Waals surface area (Å²) in [5.41, 5.74) is 0.540. The first-order valence-electron chi connectivity index (χ1n) is 4.35. The fourth-order valence-corrected chi connectivity index (χ4v) is 1.08. The third-order valence-electron chi connectivity index (χ3n) is 1.82. The van der Waals surface area contributed by atoms with E-state index in [1.54, 1.807) is 13.0 Å². The minimum atomic E-state index is -0.914. The smallest absolute Gasteiger partial charge is 0.215 e. The average molecular weight is 204 g/mol. The van der Waals surface area contributed by atoms with Gasteiger partial charge in [-0.3, -0.25) is 0 Å². The quantitative estimate of drug-likeness (QED) is 0.385. The summed E-state index contributed by atoms with van der Waals surface area (Å²) in [5, 5.41) is 0. The summed E-state index contributed by atoms with van der Waals surface area (Å²) in [5.74, 6) is -0.376. The number of hydrogen-bond acceptors (Lipinski definition) is 4. The Morgan fingerprint density at radius 2 is 1.64 bits per heavy atom. The van der Waals surface area contributed by atoms with Gasteiger partial charge in [-0.25, -0.2) is 4.79 Å². The van der Waals surface area contributed by atoms with Crippen molar-refractivity contribution < 1.29 is 24.3 Å². The first-order chi connectivity index (χ1) is 6.57. The molecule has 0 aromatic carbocycles. The van der Waals surface area contributed by atoms with Crippen LogP contribution >= 0.6 is 0 Å². The summed E-state index contributed by atoms with van der Waals surface area (Å²) >= 11 is 0. The number of rotatable bonds is 5. The number of amides is 1. The van der Waals surface area contributed by atoms with Gasteiger partial charge in [0.05, 0.1) is 5.57 Å². The van der Waals surface area contributed by atoms with Gasteiger partial charge in [0, 0.05) is 0 Å². The summed E-state index contributed by atoms with van der Waals surface area (Å²) in [6.07, 6.45) is 2.56. The van der Waals surface area contributed by atoms with E-state index in [0.717, 1.165) is 6.42 Å². The Hall–Kier alpha value is -0.750. The van der Waals surface area contributed by atoms with Crippen LogP contribution < -0.4 is 0 Å². The molecule has 0 aliphatic rings. The maximum Gasteiger partial charge on any atom is 0.441 e. The van der Waals surface area contributed by atoms with Crippen molar-refractivity contribution in [1.29, 1.82) is 0 Å². The number of carbonyl (C=O) groups is 1. The highest BCUT2D eigenvalue weighted by atomic mass is 17.2. The van der Waals surface area contributed by atoms with Crippen molar-refractivity contribution in [1.82, 2.24) is 0 Å². The fourth-order valence-electron chi connectivity index (χ4n) is 1.08. The van der Waals surface area contributed by atoms with Crippen LogP contribution in [0.4, 0.5) is 0 Å². The Bertz CT molecular complexity index is 213. The van der Waals surface area contributed by atoms with Crippen LogP contribution in [0.25, 0.3) is 0 Å². The van der Waals surface area contributed by atoms with E-state index in [2.05, 4.69) is 0 Å². The van der Waals surface area contributed by atoms with Gasteiger partial charge in [-0.05, 0) is 13.3 Å². The molecule has 0 bridgehead atoms. The summed E-state index contributed by atoms with van der Waals surface area (Å²) in [4.78, 5) is 25.5. The second kappa shape index (κ2) is 5.87. The third-order valence-corrected chi connectivity index (χ3v) is 1.82. The molecule has 0 unspecified atom stereocenters. The first-order valence-corrected chi connectivity index (χ1v) is 4.35. The summed E-state index contributed by atoms with van der Waals surface area (Å²) in [6.45, 7) is 3.63. The van der Waals surface area contributed by atoms with E-state index in [1.165, 1.54) is 21.3 Å². The largest absolute Gasteiger partial charge is 0.441 e. The molecule has 14 heavy (non-hydrogen) atoms. The van der Waals surface area contributed by atoms with Gasteiger partial charge >= 0.3 is 5.91 Å². The molecule has 82 valence electrons. The number of allylic oxidation sites excluding steroid dienone is 1. The van der Waals surface area contributed by atoms with E-state index >= 15 is 0 Å². The molecule has 0 fully saturated rings. The molecule has 0 aliphatic heterocycles. The monoisotopic (exact) mass is 204 g/mol. The van der Waals surface area contributed by atoms with E-state index < -0.39 is 4.97 Å². The van der Waals surface area contributed by atoms with E-state index in [-0.39, 0.29) is 5.91 Å². The summed E-state index contributed by atoms with van der Waals surface area (Å²) in [7, 11) is 4.01. The lowest BCUT2D eigenvalue weighted by molar-refractivity contribution is -1.31. The van der Waals surface area contributed by atoms with Crippen LogP contribution in [0.3, 0.4) is 0 Å². The van der Waals surface area contributed by atoms with Crippen molar-refractivity contribution in [3.8, 4) is 0 Å².